The number of carbonyl (C=O) groups excluding carboxylic acids is 1. The van der Waals surface area contributed by atoms with Crippen LogP contribution in [0, 0.1) is 27.7 Å². The topological polar surface area (TPSA) is 91.0 Å². The van der Waals surface area contributed by atoms with E-state index < -0.39 is 0 Å². The fourth-order valence-corrected chi connectivity index (χ4v) is 3.06. The van der Waals surface area contributed by atoms with E-state index >= 15 is 0 Å². The number of aromatic nitrogens is 4. The zero-order chi connectivity index (χ0) is 21.1. The number of para-hydroxylation sites is 2. The van der Waals surface area contributed by atoms with Crippen LogP contribution in [0.5, 0.6) is 5.75 Å². The molecule has 3 rings (SSSR count). The van der Waals surface area contributed by atoms with E-state index in [1.807, 2.05) is 39.0 Å². The molecule has 0 aliphatic carbocycles. The number of aryl methyl sites for hydroxylation is 3. The molecule has 1 amide bonds. The lowest BCUT2D eigenvalue weighted by Crippen LogP contribution is -2.33. The average Bonchev–Trinajstić information content (AvgIpc) is 3.02. The van der Waals surface area contributed by atoms with Crippen LogP contribution in [-0.2, 0) is 11.3 Å². The van der Waals surface area contributed by atoms with Gasteiger partial charge in [0.2, 0.25) is 11.9 Å². The first kappa shape index (κ1) is 20.3. The fourth-order valence-electron chi connectivity index (χ4n) is 3.06. The Balaban J connectivity index is 1.99. The molecule has 0 fully saturated rings. The summed E-state index contributed by atoms with van der Waals surface area (Å²) in [7, 11) is 0. The van der Waals surface area contributed by atoms with Crippen molar-refractivity contribution in [1.29, 1.82) is 0 Å². The first-order chi connectivity index (χ1) is 13.8. The van der Waals surface area contributed by atoms with Crippen LogP contribution >= 0.6 is 0 Å². The maximum Gasteiger partial charge on any atom is 0.258 e. The van der Waals surface area contributed by atoms with Gasteiger partial charge in [0.1, 0.15) is 12.3 Å². The summed E-state index contributed by atoms with van der Waals surface area (Å²) >= 11 is 0. The summed E-state index contributed by atoms with van der Waals surface area (Å²) < 4.78 is 8.48. The van der Waals surface area contributed by atoms with Gasteiger partial charge >= 0.3 is 0 Å². The lowest BCUT2D eigenvalue weighted by Gasteiger charge is -2.16. The van der Waals surface area contributed by atoms with E-state index in [0.717, 1.165) is 11.4 Å². The number of rotatable bonds is 6. The standard InChI is InChI=1S/C21H25N5O3/c1-6-29-18-10-8-7-9-17(18)23-19(27)12-25-20(28)15(4)16(5)22-21(25)26-14(3)11-13(2)24-26/h7-11H,6,12H2,1-5H3,(H,23,27). The second-order valence-electron chi connectivity index (χ2n) is 6.83. The van der Waals surface area contributed by atoms with Crippen molar-refractivity contribution in [3.63, 3.8) is 0 Å². The number of carbonyl (C=O) groups is 1. The van der Waals surface area contributed by atoms with Crippen molar-refractivity contribution in [3.8, 4) is 11.7 Å². The maximum absolute atomic E-state index is 12.9. The third-order valence-corrected chi connectivity index (χ3v) is 4.58. The van der Waals surface area contributed by atoms with Crippen LogP contribution in [-0.4, -0.2) is 31.8 Å². The largest absolute Gasteiger partial charge is 0.492 e. The van der Waals surface area contributed by atoms with Crippen molar-refractivity contribution in [2.75, 3.05) is 11.9 Å². The van der Waals surface area contributed by atoms with Crippen molar-refractivity contribution in [3.05, 3.63) is 63.3 Å². The molecule has 0 aliphatic heterocycles. The number of ether oxygens (including phenoxy) is 1. The predicted octanol–water partition coefficient (Wildman–Crippen LogP) is 2.70. The lowest BCUT2D eigenvalue weighted by atomic mass is 10.2. The minimum atomic E-state index is -0.355. The smallest absolute Gasteiger partial charge is 0.258 e. The first-order valence-corrected chi connectivity index (χ1v) is 9.45. The van der Waals surface area contributed by atoms with Crippen LogP contribution in [0.2, 0.25) is 0 Å². The number of amides is 1. The molecule has 1 N–H and O–H groups in total. The van der Waals surface area contributed by atoms with Crippen LogP contribution in [0.25, 0.3) is 5.95 Å². The zero-order valence-electron chi connectivity index (χ0n) is 17.3. The van der Waals surface area contributed by atoms with Crippen molar-refractivity contribution >= 4 is 11.6 Å². The van der Waals surface area contributed by atoms with Crippen molar-refractivity contribution < 1.29 is 9.53 Å². The number of nitrogens with zero attached hydrogens (tertiary/aromatic N) is 4. The number of hydrogen-bond acceptors (Lipinski definition) is 5. The van der Waals surface area contributed by atoms with Crippen molar-refractivity contribution in [1.82, 2.24) is 19.3 Å². The maximum atomic E-state index is 12.9. The Morgan fingerprint density at radius 1 is 1.17 bits per heavy atom. The summed E-state index contributed by atoms with van der Waals surface area (Å²) in [6, 6.07) is 9.07. The number of hydrogen-bond donors (Lipinski definition) is 1. The van der Waals surface area contributed by atoms with Gasteiger partial charge < -0.3 is 10.1 Å². The highest BCUT2D eigenvalue weighted by molar-refractivity contribution is 5.92. The van der Waals surface area contributed by atoms with Crippen LogP contribution in [0.4, 0.5) is 5.69 Å². The Bertz CT molecular complexity index is 1110. The molecule has 0 saturated carbocycles. The van der Waals surface area contributed by atoms with Gasteiger partial charge in [0.25, 0.3) is 5.56 Å². The molecule has 2 aromatic heterocycles. The van der Waals surface area contributed by atoms with E-state index in [1.54, 1.807) is 30.7 Å². The summed E-state index contributed by atoms with van der Waals surface area (Å²) in [6.07, 6.45) is 0. The Kier molecular flexibility index (Phi) is 5.81. The average molecular weight is 395 g/mol. The molecular weight excluding hydrogens is 370 g/mol. The van der Waals surface area contributed by atoms with Crippen LogP contribution in [0.3, 0.4) is 0 Å². The number of benzene rings is 1. The first-order valence-electron chi connectivity index (χ1n) is 9.45. The predicted molar refractivity (Wildman–Crippen MR) is 111 cm³/mol. The Hall–Kier alpha value is -3.42. The van der Waals surface area contributed by atoms with E-state index in [2.05, 4.69) is 15.4 Å². The van der Waals surface area contributed by atoms with Crippen LogP contribution in [0.15, 0.2) is 35.1 Å². The molecule has 2 heterocycles. The molecule has 29 heavy (non-hydrogen) atoms. The van der Waals surface area contributed by atoms with Crippen LogP contribution < -0.4 is 15.6 Å². The van der Waals surface area contributed by atoms with Gasteiger partial charge in [-0.1, -0.05) is 12.1 Å². The van der Waals surface area contributed by atoms with Gasteiger partial charge in [-0.3, -0.25) is 14.2 Å². The highest BCUT2D eigenvalue weighted by Gasteiger charge is 2.18. The Morgan fingerprint density at radius 3 is 2.55 bits per heavy atom. The Morgan fingerprint density at radius 2 is 1.90 bits per heavy atom. The van der Waals surface area contributed by atoms with Crippen molar-refractivity contribution in [2.45, 2.75) is 41.2 Å². The summed E-state index contributed by atoms with van der Waals surface area (Å²) in [5.41, 5.74) is 3.02. The summed E-state index contributed by atoms with van der Waals surface area (Å²) in [4.78, 5) is 30.3. The van der Waals surface area contributed by atoms with E-state index in [1.165, 1.54) is 4.57 Å². The quantitative estimate of drug-likeness (QED) is 0.693. The molecule has 0 bridgehead atoms. The van der Waals surface area contributed by atoms with Crippen molar-refractivity contribution in [2.24, 2.45) is 0 Å². The van der Waals surface area contributed by atoms with Gasteiger partial charge in [-0.2, -0.15) is 5.10 Å². The van der Waals surface area contributed by atoms with E-state index in [9.17, 15) is 9.59 Å². The van der Waals surface area contributed by atoms with Gasteiger partial charge in [-0.15, -0.1) is 0 Å². The second-order valence-corrected chi connectivity index (χ2v) is 6.83. The number of anilines is 1. The number of nitrogens with one attached hydrogen (secondary N) is 1. The Labute approximate surface area is 169 Å². The minimum absolute atomic E-state index is 0.193. The zero-order valence-corrected chi connectivity index (χ0v) is 17.3. The molecule has 8 nitrogen and oxygen atoms in total. The van der Waals surface area contributed by atoms with Gasteiger partial charge in [0.15, 0.2) is 0 Å². The lowest BCUT2D eigenvalue weighted by molar-refractivity contribution is -0.116. The molecular formula is C21H25N5O3. The molecule has 0 atom stereocenters. The molecule has 152 valence electrons. The van der Waals surface area contributed by atoms with Gasteiger partial charge in [-0.25, -0.2) is 9.67 Å². The van der Waals surface area contributed by atoms with E-state index in [4.69, 9.17) is 4.74 Å². The molecule has 8 heteroatoms. The monoisotopic (exact) mass is 395 g/mol. The minimum Gasteiger partial charge on any atom is -0.492 e. The van der Waals surface area contributed by atoms with E-state index in [0.29, 0.717) is 35.2 Å². The van der Waals surface area contributed by atoms with Crippen LogP contribution in [0.1, 0.15) is 29.6 Å². The molecule has 0 radical (unpaired) electrons. The molecule has 3 aromatic rings. The fraction of sp³-hybridized carbons (Fsp3) is 0.333. The summed E-state index contributed by atoms with van der Waals surface area (Å²) in [6.45, 7) is 9.38. The highest BCUT2D eigenvalue weighted by Crippen LogP contribution is 2.23. The highest BCUT2D eigenvalue weighted by atomic mass is 16.5. The molecule has 0 spiro atoms. The SMILES string of the molecule is CCOc1ccccc1NC(=O)Cn1c(-n2nc(C)cc2C)nc(C)c(C)c1=O. The molecule has 0 aliphatic rings. The molecule has 0 saturated heterocycles. The third kappa shape index (κ3) is 4.21. The summed E-state index contributed by atoms with van der Waals surface area (Å²) in [5, 5.41) is 7.25. The van der Waals surface area contributed by atoms with E-state index in [-0.39, 0.29) is 18.0 Å². The normalized spacial score (nSPS) is 10.8. The third-order valence-electron chi connectivity index (χ3n) is 4.58. The second kappa shape index (κ2) is 8.30. The molecule has 1 aromatic carbocycles. The van der Waals surface area contributed by atoms with Gasteiger partial charge in [0.05, 0.1) is 18.0 Å². The summed E-state index contributed by atoms with van der Waals surface area (Å²) in [5.74, 6) is 0.539. The van der Waals surface area contributed by atoms with Gasteiger partial charge in [-0.05, 0) is 52.8 Å². The van der Waals surface area contributed by atoms with Gasteiger partial charge in [0, 0.05) is 17.0 Å². The molecule has 0 unspecified atom stereocenters.